The van der Waals surface area contributed by atoms with Gasteiger partial charge in [-0.05, 0) is 80.4 Å². The van der Waals surface area contributed by atoms with E-state index in [1.807, 2.05) is 6.07 Å². The molecule has 5 rings (SSSR count). The molecule has 0 N–H and O–H groups in total. The molecule has 0 radical (unpaired) electrons. The number of hydrogen-bond donors (Lipinski definition) is 0. The van der Waals surface area contributed by atoms with Crippen molar-refractivity contribution in [2.24, 2.45) is 0 Å². The third-order valence-corrected chi connectivity index (χ3v) is 7.59. The monoisotopic (exact) mass is 534 g/mol. The quantitative estimate of drug-likeness (QED) is 0.289. The Balaban J connectivity index is 1.32. The number of halogens is 2. The van der Waals surface area contributed by atoms with Gasteiger partial charge in [0.25, 0.3) is 0 Å². The molecule has 1 aliphatic rings. The first-order valence-electron chi connectivity index (χ1n) is 12.4. The van der Waals surface area contributed by atoms with E-state index >= 15 is 0 Å². The summed E-state index contributed by atoms with van der Waals surface area (Å²) in [5.74, 6) is 0.977. The SMILES string of the molecule is Cc1ccc(Cn2c(CN3CCCN(Cc4cc(Br)ccc4F)CC3)nc3ccccc32)cc1C. The maximum Gasteiger partial charge on any atom is 0.127 e. The van der Waals surface area contributed by atoms with Crippen molar-refractivity contribution in [3.05, 3.63) is 99.0 Å². The molecule has 1 fully saturated rings. The van der Waals surface area contributed by atoms with Crippen LogP contribution in [0.4, 0.5) is 4.39 Å². The largest absolute Gasteiger partial charge is 0.322 e. The highest BCUT2D eigenvalue weighted by Gasteiger charge is 2.19. The third kappa shape index (κ3) is 5.66. The molecular weight excluding hydrogens is 503 g/mol. The number of benzene rings is 3. The lowest BCUT2D eigenvalue weighted by Crippen LogP contribution is -2.31. The van der Waals surface area contributed by atoms with Crippen LogP contribution < -0.4 is 0 Å². The van der Waals surface area contributed by atoms with E-state index in [2.05, 4.69) is 86.6 Å². The Bertz CT molecular complexity index is 1330. The zero-order chi connectivity index (χ0) is 24.4. The number of aryl methyl sites for hydroxylation is 2. The molecule has 0 amide bonds. The number of nitrogens with zero attached hydrogens (tertiary/aromatic N) is 4. The molecule has 0 spiro atoms. The lowest BCUT2D eigenvalue weighted by Gasteiger charge is -2.22. The van der Waals surface area contributed by atoms with Crippen molar-refractivity contribution < 1.29 is 4.39 Å². The Labute approximate surface area is 215 Å². The van der Waals surface area contributed by atoms with Crippen molar-refractivity contribution in [3.63, 3.8) is 0 Å². The molecule has 1 saturated heterocycles. The molecule has 1 aliphatic heterocycles. The maximum atomic E-state index is 14.3. The molecule has 2 heterocycles. The van der Waals surface area contributed by atoms with E-state index in [4.69, 9.17) is 4.98 Å². The van der Waals surface area contributed by atoms with Crippen LogP contribution in [0.25, 0.3) is 11.0 Å². The Morgan fingerprint density at radius 2 is 1.60 bits per heavy atom. The molecule has 35 heavy (non-hydrogen) atoms. The maximum absolute atomic E-state index is 14.3. The molecule has 0 atom stereocenters. The molecule has 0 saturated carbocycles. The van der Waals surface area contributed by atoms with Crippen LogP contribution in [-0.4, -0.2) is 45.5 Å². The van der Waals surface area contributed by atoms with Gasteiger partial charge in [0, 0.05) is 36.2 Å². The fourth-order valence-electron chi connectivity index (χ4n) is 4.95. The van der Waals surface area contributed by atoms with E-state index in [0.717, 1.165) is 67.1 Å². The number of imidazole rings is 1. The summed E-state index contributed by atoms with van der Waals surface area (Å²) >= 11 is 3.47. The Hall–Kier alpha value is -2.54. The van der Waals surface area contributed by atoms with Gasteiger partial charge in [0.05, 0.1) is 17.6 Å². The van der Waals surface area contributed by atoms with Gasteiger partial charge < -0.3 is 4.57 Å². The summed E-state index contributed by atoms with van der Waals surface area (Å²) in [5.41, 5.74) is 6.93. The van der Waals surface area contributed by atoms with E-state index in [1.54, 1.807) is 12.1 Å². The van der Waals surface area contributed by atoms with Crippen molar-refractivity contribution in [2.75, 3.05) is 26.2 Å². The second kappa shape index (κ2) is 10.6. The second-order valence-corrected chi connectivity index (χ2v) is 10.6. The minimum absolute atomic E-state index is 0.130. The Morgan fingerprint density at radius 3 is 2.40 bits per heavy atom. The standard InChI is InChI=1S/C29H32BrFN4/c1-21-8-9-23(16-22(21)2)18-35-28-7-4-3-6-27(28)32-29(35)20-34-13-5-12-33(14-15-34)19-24-17-25(30)10-11-26(24)31/h3-4,6-11,16-17H,5,12-15,18-20H2,1-2H3. The number of fused-ring (bicyclic) bond motifs is 1. The van der Waals surface area contributed by atoms with Crippen molar-refractivity contribution in [1.82, 2.24) is 19.4 Å². The molecule has 1 aromatic heterocycles. The number of hydrogen-bond acceptors (Lipinski definition) is 3. The van der Waals surface area contributed by atoms with E-state index < -0.39 is 0 Å². The van der Waals surface area contributed by atoms with Gasteiger partial charge in [-0.3, -0.25) is 9.80 Å². The Morgan fingerprint density at radius 1 is 0.829 bits per heavy atom. The summed E-state index contributed by atoms with van der Waals surface area (Å²) in [4.78, 5) is 9.89. The van der Waals surface area contributed by atoms with Crippen LogP contribution in [0.1, 0.15) is 34.5 Å². The molecule has 6 heteroatoms. The van der Waals surface area contributed by atoms with Crippen LogP contribution in [0.5, 0.6) is 0 Å². The first-order chi connectivity index (χ1) is 17.0. The van der Waals surface area contributed by atoms with Crippen LogP contribution in [0.2, 0.25) is 0 Å². The zero-order valence-corrected chi connectivity index (χ0v) is 22.1. The van der Waals surface area contributed by atoms with E-state index in [9.17, 15) is 4.39 Å². The first kappa shape index (κ1) is 24.2. The number of aromatic nitrogens is 2. The van der Waals surface area contributed by atoms with Crippen molar-refractivity contribution in [1.29, 1.82) is 0 Å². The predicted molar refractivity (Wildman–Crippen MR) is 144 cm³/mol. The van der Waals surface area contributed by atoms with Crippen LogP contribution >= 0.6 is 15.9 Å². The molecule has 0 bridgehead atoms. The van der Waals surface area contributed by atoms with Gasteiger partial charge in [-0.2, -0.15) is 0 Å². The van der Waals surface area contributed by atoms with Crippen molar-refractivity contribution in [3.8, 4) is 0 Å². The van der Waals surface area contributed by atoms with Gasteiger partial charge in [-0.15, -0.1) is 0 Å². The van der Waals surface area contributed by atoms with Crippen molar-refractivity contribution in [2.45, 2.75) is 39.9 Å². The molecule has 0 unspecified atom stereocenters. The summed E-state index contributed by atoms with van der Waals surface area (Å²) in [6, 6.07) is 20.4. The van der Waals surface area contributed by atoms with Crippen molar-refractivity contribution >= 4 is 27.0 Å². The molecule has 4 nitrogen and oxygen atoms in total. The predicted octanol–water partition coefficient (Wildman–Crippen LogP) is 6.31. The zero-order valence-electron chi connectivity index (χ0n) is 20.5. The fourth-order valence-corrected chi connectivity index (χ4v) is 5.36. The van der Waals surface area contributed by atoms with Gasteiger partial charge in [-0.25, -0.2) is 9.37 Å². The summed E-state index contributed by atoms with van der Waals surface area (Å²) in [6.07, 6.45) is 1.06. The van der Waals surface area contributed by atoms with Gasteiger partial charge in [0.2, 0.25) is 0 Å². The smallest absolute Gasteiger partial charge is 0.127 e. The minimum atomic E-state index is -0.130. The highest BCUT2D eigenvalue weighted by atomic mass is 79.9. The van der Waals surface area contributed by atoms with E-state index in [-0.39, 0.29) is 5.82 Å². The highest BCUT2D eigenvalue weighted by molar-refractivity contribution is 9.10. The molecule has 182 valence electrons. The van der Waals surface area contributed by atoms with E-state index in [1.165, 1.54) is 22.2 Å². The van der Waals surface area contributed by atoms with Gasteiger partial charge >= 0.3 is 0 Å². The molecule has 3 aromatic carbocycles. The summed E-state index contributed by atoms with van der Waals surface area (Å²) in [5, 5.41) is 0. The molecule has 4 aromatic rings. The van der Waals surface area contributed by atoms with Gasteiger partial charge in [0.1, 0.15) is 11.6 Å². The normalized spacial score (nSPS) is 15.5. The summed E-state index contributed by atoms with van der Waals surface area (Å²) in [6.45, 7) is 10.5. The van der Waals surface area contributed by atoms with Crippen LogP contribution in [0, 0.1) is 19.7 Å². The number of rotatable bonds is 6. The molecular formula is C29H32BrFN4. The average molecular weight is 536 g/mol. The van der Waals surface area contributed by atoms with Gasteiger partial charge in [-0.1, -0.05) is 46.3 Å². The molecule has 0 aliphatic carbocycles. The highest BCUT2D eigenvalue weighted by Crippen LogP contribution is 2.22. The lowest BCUT2D eigenvalue weighted by molar-refractivity contribution is 0.240. The second-order valence-electron chi connectivity index (χ2n) is 9.66. The van der Waals surface area contributed by atoms with Gasteiger partial charge in [0.15, 0.2) is 0 Å². The van der Waals surface area contributed by atoms with Crippen LogP contribution in [0.3, 0.4) is 0 Å². The summed E-state index contributed by atoms with van der Waals surface area (Å²) in [7, 11) is 0. The number of para-hydroxylation sites is 2. The van der Waals surface area contributed by atoms with Crippen LogP contribution in [0.15, 0.2) is 65.1 Å². The average Bonchev–Trinajstić information content (AvgIpc) is 3.02. The topological polar surface area (TPSA) is 24.3 Å². The third-order valence-electron chi connectivity index (χ3n) is 7.09. The fraction of sp³-hybridized carbons (Fsp3) is 0.345. The summed E-state index contributed by atoms with van der Waals surface area (Å²) < 4.78 is 17.6. The van der Waals surface area contributed by atoms with E-state index in [0.29, 0.717) is 6.54 Å². The lowest BCUT2D eigenvalue weighted by atomic mass is 10.1. The Kier molecular flexibility index (Phi) is 7.32. The minimum Gasteiger partial charge on any atom is -0.322 e. The van der Waals surface area contributed by atoms with Crippen LogP contribution in [-0.2, 0) is 19.6 Å². The first-order valence-corrected chi connectivity index (χ1v) is 13.1.